The van der Waals surface area contributed by atoms with Crippen LogP contribution in [-0.4, -0.2) is 47.0 Å². The molecule has 1 aromatic heterocycles. The highest BCUT2D eigenvalue weighted by Gasteiger charge is 2.39. The van der Waals surface area contributed by atoms with Crippen LogP contribution >= 0.6 is 0 Å². The molecule has 2 heterocycles. The number of ether oxygens (including phenoxy) is 1. The molecule has 2 amide bonds. The molecule has 0 aliphatic carbocycles. The number of carbonyl (C=O) groups excluding carboxylic acids is 2. The van der Waals surface area contributed by atoms with Crippen LogP contribution in [0, 0.1) is 5.82 Å². The number of rotatable bonds is 4. The summed E-state index contributed by atoms with van der Waals surface area (Å²) in [6.45, 7) is 2.30. The van der Waals surface area contributed by atoms with Crippen molar-refractivity contribution in [3.8, 4) is 0 Å². The average molecular weight is 357 g/mol. The molecular formula is C19H20FN3O3. The van der Waals surface area contributed by atoms with Crippen LogP contribution in [-0.2, 0) is 16.0 Å². The lowest BCUT2D eigenvalue weighted by Gasteiger charge is -2.38. The molecule has 0 spiro atoms. The molecule has 2 N–H and O–H groups in total. The van der Waals surface area contributed by atoms with Gasteiger partial charge in [-0.25, -0.2) is 4.39 Å². The Bertz CT molecular complexity index is 842. The second-order valence-electron chi connectivity index (χ2n) is 6.51. The second kappa shape index (κ2) is 7.21. The van der Waals surface area contributed by atoms with E-state index in [1.165, 1.54) is 12.1 Å². The van der Waals surface area contributed by atoms with Gasteiger partial charge in [-0.15, -0.1) is 0 Å². The summed E-state index contributed by atoms with van der Waals surface area (Å²) < 4.78 is 18.8. The van der Waals surface area contributed by atoms with Crippen molar-refractivity contribution in [2.75, 3.05) is 19.7 Å². The van der Waals surface area contributed by atoms with Gasteiger partial charge in [-0.05, 0) is 36.8 Å². The van der Waals surface area contributed by atoms with Gasteiger partial charge in [0.1, 0.15) is 5.82 Å². The highest BCUT2D eigenvalue weighted by atomic mass is 19.1. The number of nitrogens with two attached hydrogens (primary N) is 1. The summed E-state index contributed by atoms with van der Waals surface area (Å²) >= 11 is 0. The third-order valence-corrected chi connectivity index (χ3v) is 4.42. The zero-order valence-corrected chi connectivity index (χ0v) is 14.4. The third kappa shape index (κ3) is 3.88. The maximum atomic E-state index is 13.3. The van der Waals surface area contributed by atoms with Crippen molar-refractivity contribution in [3.63, 3.8) is 0 Å². The van der Waals surface area contributed by atoms with Crippen LogP contribution in [0.3, 0.4) is 0 Å². The summed E-state index contributed by atoms with van der Waals surface area (Å²) in [4.78, 5) is 30.2. The Balaban J connectivity index is 1.77. The van der Waals surface area contributed by atoms with Gasteiger partial charge in [0.05, 0.1) is 13.2 Å². The lowest BCUT2D eigenvalue weighted by molar-refractivity contribution is -0.150. The molecule has 2 aromatic rings. The van der Waals surface area contributed by atoms with Crippen LogP contribution < -0.4 is 5.73 Å². The molecule has 1 fully saturated rings. The highest BCUT2D eigenvalue weighted by Crippen LogP contribution is 2.20. The Morgan fingerprint density at radius 1 is 1.35 bits per heavy atom. The number of hydrogen-bond acceptors (Lipinski definition) is 4. The minimum atomic E-state index is -1.19. The lowest BCUT2D eigenvalue weighted by atomic mass is 10.0. The van der Waals surface area contributed by atoms with Crippen LogP contribution in [0.2, 0.25) is 0 Å². The zero-order valence-electron chi connectivity index (χ0n) is 14.4. The Morgan fingerprint density at radius 3 is 2.88 bits per heavy atom. The van der Waals surface area contributed by atoms with E-state index in [0.29, 0.717) is 24.2 Å². The number of morpholine rings is 1. The van der Waals surface area contributed by atoms with Gasteiger partial charge in [-0.1, -0.05) is 12.1 Å². The summed E-state index contributed by atoms with van der Waals surface area (Å²) in [7, 11) is 0. The predicted molar refractivity (Wildman–Crippen MR) is 92.9 cm³/mol. The second-order valence-corrected chi connectivity index (χ2v) is 6.51. The molecule has 26 heavy (non-hydrogen) atoms. The smallest absolute Gasteiger partial charge is 0.254 e. The molecule has 0 saturated carbocycles. The van der Waals surface area contributed by atoms with E-state index in [-0.39, 0.29) is 24.9 Å². The normalized spacial score (nSPS) is 20.0. The third-order valence-electron chi connectivity index (χ3n) is 4.42. The fourth-order valence-corrected chi connectivity index (χ4v) is 2.94. The van der Waals surface area contributed by atoms with E-state index in [1.54, 1.807) is 42.3 Å². The van der Waals surface area contributed by atoms with Crippen LogP contribution in [0.1, 0.15) is 28.5 Å². The van der Waals surface area contributed by atoms with Crippen molar-refractivity contribution in [2.45, 2.75) is 18.9 Å². The lowest BCUT2D eigenvalue weighted by Crippen LogP contribution is -2.58. The Morgan fingerprint density at radius 2 is 2.15 bits per heavy atom. The zero-order chi connectivity index (χ0) is 18.7. The van der Waals surface area contributed by atoms with Gasteiger partial charge < -0.3 is 15.4 Å². The van der Waals surface area contributed by atoms with Crippen molar-refractivity contribution < 1.29 is 18.7 Å². The Hall–Kier alpha value is -2.80. The van der Waals surface area contributed by atoms with Gasteiger partial charge in [0.2, 0.25) is 0 Å². The largest absolute Gasteiger partial charge is 0.367 e. The number of nitrogens with zero attached hydrogens (tertiary/aromatic N) is 2. The van der Waals surface area contributed by atoms with Crippen LogP contribution in [0.25, 0.3) is 0 Å². The number of pyridine rings is 1. The minimum Gasteiger partial charge on any atom is -0.367 e. The molecule has 0 radical (unpaired) electrons. The Kier molecular flexibility index (Phi) is 4.99. The molecule has 1 aliphatic rings. The molecule has 7 heteroatoms. The molecule has 136 valence electrons. The van der Waals surface area contributed by atoms with Gasteiger partial charge in [-0.2, -0.15) is 0 Å². The van der Waals surface area contributed by atoms with Gasteiger partial charge in [0, 0.05) is 30.4 Å². The number of primary amides is 1. The average Bonchev–Trinajstić information content (AvgIpc) is 2.61. The molecule has 0 unspecified atom stereocenters. The number of hydrogen-bond donors (Lipinski definition) is 1. The van der Waals surface area contributed by atoms with Gasteiger partial charge in [0.15, 0.2) is 5.60 Å². The fourth-order valence-electron chi connectivity index (χ4n) is 2.94. The highest BCUT2D eigenvalue weighted by molar-refractivity contribution is 5.95. The molecule has 1 atom stereocenters. The number of amides is 2. The molecule has 0 bridgehead atoms. The summed E-state index contributed by atoms with van der Waals surface area (Å²) in [6.07, 6.45) is 1.97. The molecule has 1 aromatic carbocycles. The minimum absolute atomic E-state index is 0.0999. The monoisotopic (exact) mass is 357 g/mol. The van der Waals surface area contributed by atoms with Gasteiger partial charge >= 0.3 is 0 Å². The van der Waals surface area contributed by atoms with Gasteiger partial charge in [0.25, 0.3) is 11.8 Å². The summed E-state index contributed by atoms with van der Waals surface area (Å²) in [5.74, 6) is -1.13. The van der Waals surface area contributed by atoms with E-state index >= 15 is 0 Å². The first-order valence-electron chi connectivity index (χ1n) is 8.30. The number of aromatic nitrogens is 1. The quantitative estimate of drug-likeness (QED) is 0.899. The predicted octanol–water partition coefficient (Wildman–Crippen LogP) is 1.53. The van der Waals surface area contributed by atoms with Crippen molar-refractivity contribution >= 4 is 11.8 Å². The Labute approximate surface area is 150 Å². The van der Waals surface area contributed by atoms with E-state index in [1.807, 2.05) is 0 Å². The first-order valence-corrected chi connectivity index (χ1v) is 8.30. The fraction of sp³-hybridized carbons (Fsp3) is 0.316. The molecule has 6 nitrogen and oxygen atoms in total. The van der Waals surface area contributed by atoms with E-state index in [4.69, 9.17) is 10.5 Å². The number of halogens is 1. The summed E-state index contributed by atoms with van der Waals surface area (Å²) in [5.41, 5.74) is 6.08. The maximum Gasteiger partial charge on any atom is 0.254 e. The summed E-state index contributed by atoms with van der Waals surface area (Å²) in [6, 6.07) is 9.57. The first-order chi connectivity index (χ1) is 12.4. The SMILES string of the molecule is C[C@]1(C(N)=O)CN(C(=O)c2ccnc(Cc3cccc(F)c3)c2)CCO1. The molecule has 1 aliphatic heterocycles. The maximum absolute atomic E-state index is 13.3. The van der Waals surface area contributed by atoms with Gasteiger partial charge in [-0.3, -0.25) is 14.6 Å². The number of carbonyl (C=O) groups is 2. The van der Waals surface area contributed by atoms with Crippen LogP contribution in [0.15, 0.2) is 42.6 Å². The topological polar surface area (TPSA) is 85.5 Å². The standard InChI is InChI=1S/C19H20FN3O3/c1-19(18(21)25)12-23(7-8-26-19)17(24)14-5-6-22-16(11-14)10-13-3-2-4-15(20)9-13/h2-6,9,11H,7-8,10,12H2,1H3,(H2,21,25)/t19-/m1/s1. The molecule has 1 saturated heterocycles. The van der Waals surface area contributed by atoms with Crippen molar-refractivity contribution in [3.05, 3.63) is 65.2 Å². The number of benzene rings is 1. The first kappa shape index (κ1) is 18.0. The molecule has 3 rings (SSSR count). The van der Waals surface area contributed by atoms with E-state index < -0.39 is 11.5 Å². The van der Waals surface area contributed by atoms with E-state index in [0.717, 1.165) is 5.56 Å². The van der Waals surface area contributed by atoms with E-state index in [2.05, 4.69) is 4.98 Å². The van der Waals surface area contributed by atoms with Crippen molar-refractivity contribution in [1.82, 2.24) is 9.88 Å². The van der Waals surface area contributed by atoms with E-state index in [9.17, 15) is 14.0 Å². The van der Waals surface area contributed by atoms with Crippen LogP contribution in [0.5, 0.6) is 0 Å². The summed E-state index contributed by atoms with van der Waals surface area (Å²) in [5, 5.41) is 0. The molecular weight excluding hydrogens is 337 g/mol. The van der Waals surface area contributed by atoms with Crippen molar-refractivity contribution in [1.29, 1.82) is 0 Å². The van der Waals surface area contributed by atoms with Crippen molar-refractivity contribution in [2.24, 2.45) is 5.73 Å². The van der Waals surface area contributed by atoms with Crippen LogP contribution in [0.4, 0.5) is 4.39 Å².